The molecule has 6 aromatic carbocycles. The van der Waals surface area contributed by atoms with E-state index in [-0.39, 0.29) is 11.3 Å². The van der Waals surface area contributed by atoms with Gasteiger partial charge in [0.2, 0.25) is 12.0 Å². The second-order valence-corrected chi connectivity index (χ2v) is 18.1. The molecule has 2 amide bonds. The zero-order valence-electron chi connectivity index (χ0n) is 41.6. The van der Waals surface area contributed by atoms with Gasteiger partial charge in [0.25, 0.3) is 0 Å². The van der Waals surface area contributed by atoms with Gasteiger partial charge in [-0.3, -0.25) is 14.4 Å². The Labute approximate surface area is 427 Å². The number of ether oxygens (including phenoxy) is 2. The van der Waals surface area contributed by atoms with Gasteiger partial charge in [-0.05, 0) is 109 Å². The highest BCUT2D eigenvalue weighted by Crippen LogP contribution is 2.29. The van der Waals surface area contributed by atoms with Crippen LogP contribution in [0.25, 0.3) is 10.9 Å². The summed E-state index contributed by atoms with van der Waals surface area (Å²) in [6.45, 7) is 9.46. The molecular formula is C59H67N5O9. The van der Waals surface area contributed by atoms with Crippen LogP contribution in [0, 0.1) is 12.8 Å². The van der Waals surface area contributed by atoms with Gasteiger partial charge in [-0.25, -0.2) is 4.79 Å². The Morgan fingerprint density at radius 3 is 2.05 bits per heavy atom. The molecule has 382 valence electrons. The normalized spacial score (nSPS) is 15.1. The number of benzene rings is 6. The number of carboxylic acid groups (broad SMARTS) is 1. The number of fused-ring (bicyclic) bond motifs is 4. The summed E-state index contributed by atoms with van der Waals surface area (Å²) in [4.78, 5) is 50.9. The number of nitrogens with zero attached hydrogens (tertiary/aromatic N) is 2. The van der Waals surface area contributed by atoms with Crippen molar-refractivity contribution in [2.75, 3.05) is 46.4 Å². The van der Waals surface area contributed by atoms with E-state index in [1.807, 2.05) is 104 Å². The number of H-pyrrole nitrogens is 1. The molecule has 0 saturated carbocycles. The van der Waals surface area contributed by atoms with Gasteiger partial charge in [0.1, 0.15) is 24.4 Å². The predicted octanol–water partition coefficient (Wildman–Crippen LogP) is 9.19. The molecule has 6 N–H and O–H groups in total. The summed E-state index contributed by atoms with van der Waals surface area (Å²) < 4.78 is 10.7. The van der Waals surface area contributed by atoms with E-state index in [0.717, 1.165) is 46.4 Å². The van der Waals surface area contributed by atoms with Crippen molar-refractivity contribution in [3.8, 4) is 11.5 Å². The van der Waals surface area contributed by atoms with Gasteiger partial charge >= 0.3 is 6.09 Å². The number of nitrogens with one attached hydrogen (secondary N) is 3. The molecule has 3 aliphatic heterocycles. The lowest BCUT2D eigenvalue weighted by Crippen LogP contribution is -2.41. The van der Waals surface area contributed by atoms with E-state index >= 15 is 0 Å². The number of aromatic amines is 1. The number of amides is 2. The number of phenols is 1. The molecule has 2 atom stereocenters. The predicted molar refractivity (Wildman–Crippen MR) is 285 cm³/mol. The number of aryl methyl sites for hydroxylation is 1. The second-order valence-electron chi connectivity index (χ2n) is 18.1. The number of aromatic hydroxyl groups is 1. The molecule has 0 spiro atoms. The second kappa shape index (κ2) is 29.0. The van der Waals surface area contributed by atoms with Gasteiger partial charge in [-0.1, -0.05) is 133 Å². The maximum Gasteiger partial charge on any atom is 0.405 e. The van der Waals surface area contributed by atoms with Gasteiger partial charge < -0.3 is 50.2 Å². The Balaban J connectivity index is 0.000000171. The smallest absolute Gasteiger partial charge is 0.405 e. The van der Waals surface area contributed by atoms with Crippen molar-refractivity contribution >= 4 is 29.7 Å². The first-order valence-corrected chi connectivity index (χ1v) is 24.6. The molecule has 1 aromatic heterocycles. The number of aliphatic hydroxyl groups is 1. The van der Waals surface area contributed by atoms with Crippen LogP contribution in [0.4, 0.5) is 4.79 Å². The number of carbonyl (C=O) groups is 3. The number of pyridine rings is 1. The average Bonchev–Trinajstić information content (AvgIpc) is 3.43. The van der Waals surface area contributed by atoms with Crippen molar-refractivity contribution in [2.24, 2.45) is 5.92 Å². The molecule has 14 heteroatoms. The Hall–Kier alpha value is -7.62. The van der Waals surface area contributed by atoms with E-state index in [0.29, 0.717) is 67.2 Å². The first kappa shape index (κ1) is 54.7. The van der Waals surface area contributed by atoms with Crippen LogP contribution in [0.2, 0.25) is 0 Å². The van der Waals surface area contributed by atoms with Gasteiger partial charge in [-0.2, -0.15) is 0 Å². The van der Waals surface area contributed by atoms with E-state index in [9.17, 15) is 34.5 Å². The molecule has 3 saturated heterocycles. The summed E-state index contributed by atoms with van der Waals surface area (Å²) in [5.74, 6) is 1.74. The molecule has 3 fully saturated rings. The lowest BCUT2D eigenvalue weighted by molar-refractivity contribution is -0.119. The number of aldehydes is 1. The van der Waals surface area contributed by atoms with Gasteiger partial charge in [-0.15, -0.1) is 0 Å². The molecule has 3 aliphatic rings. The number of aliphatic hydroxyl groups excluding tert-OH is 1. The van der Waals surface area contributed by atoms with Crippen molar-refractivity contribution < 1.29 is 39.2 Å². The number of aromatic nitrogens is 1. The van der Waals surface area contributed by atoms with Crippen LogP contribution < -0.4 is 20.9 Å². The minimum Gasteiger partial charge on any atom is -0.506 e. The maximum absolute atomic E-state index is 11.4. The van der Waals surface area contributed by atoms with Crippen molar-refractivity contribution in [2.45, 2.75) is 58.0 Å². The van der Waals surface area contributed by atoms with Crippen LogP contribution in [0.15, 0.2) is 163 Å². The molecule has 2 bridgehead atoms. The van der Waals surface area contributed by atoms with Gasteiger partial charge in [0.05, 0.1) is 24.3 Å². The van der Waals surface area contributed by atoms with E-state index in [1.54, 1.807) is 36.3 Å². The molecule has 73 heavy (non-hydrogen) atoms. The van der Waals surface area contributed by atoms with Gasteiger partial charge in [0.15, 0.2) is 0 Å². The highest BCUT2D eigenvalue weighted by molar-refractivity contribution is 5.87. The van der Waals surface area contributed by atoms with Crippen LogP contribution in [0.5, 0.6) is 11.5 Å². The minimum atomic E-state index is -1.09. The quantitative estimate of drug-likeness (QED) is 0.0449. The van der Waals surface area contributed by atoms with Crippen LogP contribution >= 0.6 is 0 Å². The highest BCUT2D eigenvalue weighted by Gasteiger charge is 2.24. The maximum atomic E-state index is 11.4. The summed E-state index contributed by atoms with van der Waals surface area (Å²) in [6.07, 6.45) is 4.27. The molecule has 4 heterocycles. The van der Waals surface area contributed by atoms with Crippen LogP contribution in [0.1, 0.15) is 80.7 Å². The summed E-state index contributed by atoms with van der Waals surface area (Å²) in [6, 6.07) is 47.7. The van der Waals surface area contributed by atoms with E-state index in [1.165, 1.54) is 56.6 Å². The summed E-state index contributed by atoms with van der Waals surface area (Å²) >= 11 is 0. The molecule has 0 radical (unpaired) electrons. The molecule has 10 rings (SSSR count). The summed E-state index contributed by atoms with van der Waals surface area (Å²) in [7, 11) is 1.63. The third-order valence-corrected chi connectivity index (χ3v) is 12.7. The van der Waals surface area contributed by atoms with Crippen molar-refractivity contribution in [3.05, 3.63) is 213 Å². The molecule has 7 aromatic rings. The zero-order chi connectivity index (χ0) is 51.8. The fraction of sp³-hybridized carbons (Fsp3) is 0.288. The first-order valence-electron chi connectivity index (χ1n) is 24.6. The third-order valence-electron chi connectivity index (χ3n) is 12.7. The largest absolute Gasteiger partial charge is 0.506 e. The third kappa shape index (κ3) is 17.9. The zero-order valence-corrected chi connectivity index (χ0v) is 41.6. The lowest BCUT2D eigenvalue weighted by atomic mass is 9.89. The minimum absolute atomic E-state index is 0.00809. The summed E-state index contributed by atoms with van der Waals surface area (Å²) in [5, 5.41) is 36.0. The van der Waals surface area contributed by atoms with Crippen molar-refractivity contribution in [1.29, 1.82) is 0 Å². The van der Waals surface area contributed by atoms with Crippen LogP contribution in [-0.4, -0.2) is 95.3 Å². The van der Waals surface area contributed by atoms with E-state index in [2.05, 4.69) is 44.8 Å². The Bertz CT molecular complexity index is 2800. The number of rotatable bonds is 18. The van der Waals surface area contributed by atoms with Gasteiger partial charge in [0, 0.05) is 50.3 Å². The Morgan fingerprint density at radius 2 is 1.45 bits per heavy atom. The number of hydrogen-bond donors (Lipinski definition) is 6. The first-order chi connectivity index (χ1) is 35.5. The molecular weight excluding hydrogens is 923 g/mol. The van der Waals surface area contributed by atoms with Crippen molar-refractivity contribution in [1.82, 2.24) is 25.4 Å². The standard InChI is InChI=1S/C22H19NO4.C19H20N2O3.C11H15NO2.C7H13N/c24-14-16-9-11-17(12-10-16)15-27-20-8-4-7-19(13-20)21(23-22(25)26)18-5-2-1-3-6-18;1-12-2-4-13(5-3-12)10-20-11-17(23)14-6-8-16(22)19-15(14)7-9-18(24)21-19;1-14-8-7-12(10-13)9-11-5-3-2-4-6-11;1-4-8-5-2-7(1)3-6-8/h1-14,21,23H,15H2,(H,25,26);2-9,17,20,22-23H,10-11H2,1H3,(H,21,24);2-6,10H,7-9H2,1H3;7H,1-6H2. The topological polar surface area (TPSA) is 194 Å². The number of carbonyl (C=O) groups excluding carboxylic acids is 2. The Morgan fingerprint density at radius 1 is 0.795 bits per heavy atom. The lowest BCUT2D eigenvalue weighted by Gasteiger charge is -2.38. The number of methoxy groups -OCH3 is 1. The SMILES string of the molecule is C1CN2CCC1CC2.COCCN(C=O)Cc1ccccc1.Cc1ccc(CNCC(O)c2ccc(O)c3[nH]c(=O)ccc23)cc1.O=Cc1ccc(COc2cccc(C(NC(=O)O)c3ccccc3)c2)cc1. The Kier molecular flexibility index (Phi) is 21.8. The number of hydrogen-bond acceptors (Lipinski definition) is 10. The van der Waals surface area contributed by atoms with E-state index in [4.69, 9.17) is 9.47 Å². The average molecular weight is 990 g/mol. The summed E-state index contributed by atoms with van der Waals surface area (Å²) in [5.41, 5.74) is 7.40. The fourth-order valence-electron chi connectivity index (χ4n) is 8.55. The monoisotopic (exact) mass is 989 g/mol. The number of piperidine rings is 3. The van der Waals surface area contributed by atoms with Crippen LogP contribution in [-0.2, 0) is 29.2 Å². The molecule has 2 unspecified atom stereocenters. The van der Waals surface area contributed by atoms with Crippen LogP contribution in [0.3, 0.4) is 0 Å². The highest BCUT2D eigenvalue weighted by atomic mass is 16.5. The van der Waals surface area contributed by atoms with E-state index < -0.39 is 18.2 Å². The van der Waals surface area contributed by atoms with Crippen molar-refractivity contribution in [3.63, 3.8) is 0 Å². The molecule has 0 aliphatic carbocycles. The molecule has 14 nitrogen and oxygen atoms in total. The fourth-order valence-corrected chi connectivity index (χ4v) is 8.55. The number of phenolic OH excluding ortho intramolecular Hbond substituents is 1.